The van der Waals surface area contributed by atoms with Gasteiger partial charge in [0.2, 0.25) is 12.7 Å². The van der Waals surface area contributed by atoms with Gasteiger partial charge in [0, 0.05) is 20.5 Å². The fourth-order valence-corrected chi connectivity index (χ4v) is 2.65. The molecule has 0 bridgehead atoms. The van der Waals surface area contributed by atoms with Crippen LogP contribution in [0.4, 0.5) is 0 Å². The van der Waals surface area contributed by atoms with Crippen molar-refractivity contribution >= 4 is 17.9 Å². The number of hydrogen-bond acceptors (Lipinski definition) is 4. The predicted molar refractivity (Wildman–Crippen MR) is 97.3 cm³/mol. The Labute approximate surface area is 152 Å². The van der Waals surface area contributed by atoms with E-state index in [-0.39, 0.29) is 24.3 Å². The summed E-state index contributed by atoms with van der Waals surface area (Å²) in [7, 11) is 1.69. The van der Waals surface area contributed by atoms with Crippen LogP contribution in [0.1, 0.15) is 18.1 Å². The molecule has 0 saturated heterocycles. The summed E-state index contributed by atoms with van der Waals surface area (Å²) in [5, 5.41) is 2.62. The Balaban J connectivity index is 1.77. The Bertz CT molecular complexity index is 846. The van der Waals surface area contributed by atoms with Gasteiger partial charge in [-0.05, 0) is 29.3 Å². The summed E-state index contributed by atoms with van der Waals surface area (Å²) in [5.74, 6) is 0.801. The third kappa shape index (κ3) is 4.22. The number of hydrogen-bond donors (Lipinski definition) is 1. The standard InChI is InChI=1S/C20H20N2O4/c1-14(23)21-17(10-15-6-4-3-5-7-15)20(24)22(2)12-16-8-9-18-19(11-16)26-13-25-18/h3-11H,12-13H2,1-2H3,(H,21,23)/b17-10-. The highest BCUT2D eigenvalue weighted by molar-refractivity contribution is 6.00. The fourth-order valence-electron chi connectivity index (χ4n) is 2.65. The minimum atomic E-state index is -0.294. The van der Waals surface area contributed by atoms with E-state index in [0.29, 0.717) is 18.0 Å². The molecule has 1 heterocycles. The molecule has 0 unspecified atom stereocenters. The first kappa shape index (κ1) is 17.5. The second-order valence-electron chi connectivity index (χ2n) is 6.00. The van der Waals surface area contributed by atoms with Gasteiger partial charge in [-0.2, -0.15) is 0 Å². The summed E-state index contributed by atoms with van der Waals surface area (Å²) >= 11 is 0. The SMILES string of the molecule is CC(=O)N/C(=C\c1ccccc1)C(=O)N(C)Cc1ccc2c(c1)OCO2. The molecule has 0 aromatic heterocycles. The highest BCUT2D eigenvalue weighted by Crippen LogP contribution is 2.32. The van der Waals surface area contributed by atoms with Crippen LogP contribution in [0.2, 0.25) is 0 Å². The molecule has 0 atom stereocenters. The second kappa shape index (κ2) is 7.74. The Kier molecular flexibility index (Phi) is 5.22. The number of ether oxygens (including phenoxy) is 2. The number of carbonyl (C=O) groups is 2. The van der Waals surface area contributed by atoms with Crippen LogP contribution in [0.3, 0.4) is 0 Å². The summed E-state index contributed by atoms with van der Waals surface area (Å²) in [6.07, 6.45) is 1.67. The van der Waals surface area contributed by atoms with Crippen molar-refractivity contribution in [1.29, 1.82) is 0 Å². The summed E-state index contributed by atoms with van der Waals surface area (Å²) < 4.78 is 10.7. The van der Waals surface area contributed by atoms with Gasteiger partial charge >= 0.3 is 0 Å². The van der Waals surface area contributed by atoms with E-state index in [1.54, 1.807) is 18.0 Å². The predicted octanol–water partition coefficient (Wildman–Crippen LogP) is 2.55. The van der Waals surface area contributed by atoms with E-state index < -0.39 is 0 Å². The third-order valence-electron chi connectivity index (χ3n) is 3.86. The highest BCUT2D eigenvalue weighted by Gasteiger charge is 2.18. The molecule has 2 aromatic carbocycles. The molecule has 0 aliphatic carbocycles. The summed E-state index contributed by atoms with van der Waals surface area (Å²) in [4.78, 5) is 25.9. The van der Waals surface area contributed by atoms with E-state index in [2.05, 4.69) is 5.32 Å². The lowest BCUT2D eigenvalue weighted by Crippen LogP contribution is -2.35. The minimum Gasteiger partial charge on any atom is -0.454 e. The van der Waals surface area contributed by atoms with E-state index in [4.69, 9.17) is 9.47 Å². The zero-order chi connectivity index (χ0) is 18.5. The maximum atomic E-state index is 12.8. The van der Waals surface area contributed by atoms with Crippen molar-refractivity contribution in [2.75, 3.05) is 13.8 Å². The number of likely N-dealkylation sites (N-methyl/N-ethyl adjacent to an activating group) is 1. The maximum absolute atomic E-state index is 12.8. The van der Waals surface area contributed by atoms with Crippen molar-refractivity contribution < 1.29 is 19.1 Å². The third-order valence-corrected chi connectivity index (χ3v) is 3.86. The monoisotopic (exact) mass is 352 g/mol. The quantitative estimate of drug-likeness (QED) is 0.840. The van der Waals surface area contributed by atoms with Crippen molar-refractivity contribution in [2.45, 2.75) is 13.5 Å². The van der Waals surface area contributed by atoms with Crippen molar-refractivity contribution in [2.24, 2.45) is 0 Å². The van der Waals surface area contributed by atoms with E-state index in [1.807, 2.05) is 48.5 Å². The number of amides is 2. The lowest BCUT2D eigenvalue weighted by molar-refractivity contribution is -0.128. The Morgan fingerprint density at radius 2 is 1.85 bits per heavy atom. The zero-order valence-electron chi connectivity index (χ0n) is 14.7. The average molecular weight is 352 g/mol. The molecule has 0 spiro atoms. The topological polar surface area (TPSA) is 67.9 Å². The molecule has 1 N–H and O–H groups in total. The molecular weight excluding hydrogens is 332 g/mol. The van der Waals surface area contributed by atoms with Crippen LogP contribution in [0, 0.1) is 0 Å². The first-order valence-corrected chi connectivity index (χ1v) is 8.21. The molecule has 2 aromatic rings. The van der Waals surface area contributed by atoms with E-state index in [1.165, 1.54) is 6.92 Å². The van der Waals surface area contributed by atoms with Gasteiger partial charge in [-0.1, -0.05) is 36.4 Å². The largest absolute Gasteiger partial charge is 0.454 e. The van der Waals surface area contributed by atoms with Gasteiger partial charge in [0.1, 0.15) is 5.70 Å². The number of benzene rings is 2. The summed E-state index contributed by atoms with van der Waals surface area (Å²) in [6, 6.07) is 14.9. The van der Waals surface area contributed by atoms with Crippen LogP contribution in [-0.4, -0.2) is 30.6 Å². The van der Waals surface area contributed by atoms with Gasteiger partial charge in [-0.3, -0.25) is 9.59 Å². The lowest BCUT2D eigenvalue weighted by atomic mass is 10.1. The number of rotatable bonds is 5. The van der Waals surface area contributed by atoms with Gasteiger partial charge in [0.25, 0.3) is 5.91 Å². The second-order valence-corrected chi connectivity index (χ2v) is 6.00. The normalized spacial score (nSPS) is 12.6. The molecule has 0 saturated carbocycles. The molecule has 0 fully saturated rings. The zero-order valence-corrected chi connectivity index (χ0v) is 14.7. The van der Waals surface area contributed by atoms with Gasteiger partial charge in [0.05, 0.1) is 0 Å². The summed E-state index contributed by atoms with van der Waals surface area (Å²) in [5.41, 5.74) is 1.97. The minimum absolute atomic E-state index is 0.208. The molecule has 0 radical (unpaired) electrons. The van der Waals surface area contributed by atoms with Crippen LogP contribution in [0.25, 0.3) is 6.08 Å². The van der Waals surface area contributed by atoms with Crippen molar-refractivity contribution in [1.82, 2.24) is 10.2 Å². The molecule has 3 rings (SSSR count). The molecule has 1 aliphatic heterocycles. The Hall–Kier alpha value is -3.28. The van der Waals surface area contributed by atoms with Crippen LogP contribution in [0.15, 0.2) is 54.2 Å². The number of nitrogens with zero attached hydrogens (tertiary/aromatic N) is 1. The highest BCUT2D eigenvalue weighted by atomic mass is 16.7. The number of fused-ring (bicyclic) bond motifs is 1. The first-order chi connectivity index (χ1) is 12.5. The lowest BCUT2D eigenvalue weighted by Gasteiger charge is -2.19. The Morgan fingerprint density at radius 3 is 2.58 bits per heavy atom. The van der Waals surface area contributed by atoms with Gasteiger partial charge in [0.15, 0.2) is 11.5 Å². The molecule has 6 nitrogen and oxygen atoms in total. The van der Waals surface area contributed by atoms with Crippen LogP contribution < -0.4 is 14.8 Å². The summed E-state index contributed by atoms with van der Waals surface area (Å²) in [6.45, 7) is 1.96. The van der Waals surface area contributed by atoms with Crippen molar-refractivity contribution in [3.63, 3.8) is 0 Å². The molecule has 6 heteroatoms. The van der Waals surface area contributed by atoms with Crippen molar-refractivity contribution in [3.8, 4) is 11.5 Å². The Morgan fingerprint density at radius 1 is 1.12 bits per heavy atom. The molecular formula is C20H20N2O4. The van der Waals surface area contributed by atoms with E-state index in [0.717, 1.165) is 11.1 Å². The van der Waals surface area contributed by atoms with Crippen LogP contribution >= 0.6 is 0 Å². The van der Waals surface area contributed by atoms with Gasteiger partial charge < -0.3 is 19.7 Å². The molecule has 134 valence electrons. The molecule has 2 amide bonds. The van der Waals surface area contributed by atoms with Crippen LogP contribution in [0.5, 0.6) is 11.5 Å². The number of nitrogens with one attached hydrogen (secondary N) is 1. The maximum Gasteiger partial charge on any atom is 0.270 e. The molecule has 26 heavy (non-hydrogen) atoms. The average Bonchev–Trinajstić information content (AvgIpc) is 3.08. The van der Waals surface area contributed by atoms with E-state index in [9.17, 15) is 9.59 Å². The smallest absolute Gasteiger partial charge is 0.270 e. The van der Waals surface area contributed by atoms with Crippen molar-refractivity contribution in [3.05, 3.63) is 65.4 Å². The first-order valence-electron chi connectivity index (χ1n) is 8.21. The van der Waals surface area contributed by atoms with E-state index >= 15 is 0 Å². The molecule has 1 aliphatic rings. The number of carbonyl (C=O) groups excluding carboxylic acids is 2. The fraction of sp³-hybridized carbons (Fsp3) is 0.200. The van der Waals surface area contributed by atoms with Gasteiger partial charge in [-0.15, -0.1) is 0 Å². The van der Waals surface area contributed by atoms with Crippen LogP contribution in [-0.2, 0) is 16.1 Å². The van der Waals surface area contributed by atoms with Gasteiger partial charge in [-0.25, -0.2) is 0 Å².